The molecule has 2 aromatic rings. The molecular weight excluding hydrogens is 286 g/mol. The number of carbonyl (C=O) groups is 1. The molecule has 2 heterocycles. The number of thiazole rings is 1. The Morgan fingerprint density at radius 2 is 2.14 bits per heavy atom. The van der Waals surface area contributed by atoms with Gasteiger partial charge in [0.1, 0.15) is 0 Å². The minimum absolute atomic E-state index is 0.00780. The normalized spacial score (nSPS) is 17.2. The van der Waals surface area contributed by atoms with Gasteiger partial charge in [0.15, 0.2) is 5.13 Å². The summed E-state index contributed by atoms with van der Waals surface area (Å²) < 4.78 is 0.991. The molecule has 1 amide bonds. The highest BCUT2D eigenvalue weighted by Gasteiger charge is 2.17. The molecule has 0 saturated carbocycles. The van der Waals surface area contributed by atoms with E-state index in [0.717, 1.165) is 36.4 Å². The first-order valence-electron chi connectivity index (χ1n) is 6.97. The Labute approximate surface area is 127 Å². The maximum atomic E-state index is 12.1. The zero-order valence-corrected chi connectivity index (χ0v) is 12.8. The fourth-order valence-electron chi connectivity index (χ4n) is 2.36. The number of benzene rings is 1. The SMILES string of the molecule is CN1CCN(CC(=O)Nc2nc3ccc(N)cc3s2)CC1. The molecule has 1 aromatic heterocycles. The standard InChI is InChI=1S/C14H19N5OS/c1-18-4-6-19(7-5-18)9-13(20)17-14-16-11-3-2-10(15)8-12(11)21-14/h2-3,8H,4-7,9,15H2,1H3,(H,16,17,20). The van der Waals surface area contributed by atoms with Crippen LogP contribution in [-0.2, 0) is 4.79 Å². The number of fused-ring (bicyclic) bond motifs is 1. The molecule has 21 heavy (non-hydrogen) atoms. The van der Waals surface area contributed by atoms with Crippen LogP contribution in [0.5, 0.6) is 0 Å². The van der Waals surface area contributed by atoms with Crippen LogP contribution in [0.1, 0.15) is 0 Å². The zero-order valence-electron chi connectivity index (χ0n) is 12.0. The molecule has 112 valence electrons. The minimum Gasteiger partial charge on any atom is -0.399 e. The molecule has 1 aliphatic rings. The van der Waals surface area contributed by atoms with E-state index < -0.39 is 0 Å². The summed E-state index contributed by atoms with van der Waals surface area (Å²) in [7, 11) is 2.10. The van der Waals surface area contributed by atoms with E-state index in [1.165, 1.54) is 11.3 Å². The van der Waals surface area contributed by atoms with Crippen molar-refractivity contribution in [3.8, 4) is 0 Å². The van der Waals surface area contributed by atoms with Crippen LogP contribution in [0, 0.1) is 0 Å². The van der Waals surface area contributed by atoms with Crippen molar-refractivity contribution in [2.45, 2.75) is 0 Å². The number of nitrogen functional groups attached to an aromatic ring is 1. The number of carbonyl (C=O) groups excluding carboxylic acids is 1. The summed E-state index contributed by atoms with van der Waals surface area (Å²) in [4.78, 5) is 20.9. The molecule has 3 rings (SSSR count). The lowest BCUT2D eigenvalue weighted by Gasteiger charge is -2.31. The summed E-state index contributed by atoms with van der Waals surface area (Å²) in [5.41, 5.74) is 7.32. The first-order chi connectivity index (χ1) is 10.1. The number of hydrogen-bond donors (Lipinski definition) is 2. The van der Waals surface area contributed by atoms with Gasteiger partial charge in [0.25, 0.3) is 0 Å². The lowest BCUT2D eigenvalue weighted by atomic mass is 10.3. The summed E-state index contributed by atoms with van der Waals surface area (Å²) >= 11 is 1.45. The van der Waals surface area contributed by atoms with Gasteiger partial charge in [-0.2, -0.15) is 0 Å². The number of nitrogens with two attached hydrogens (primary N) is 1. The van der Waals surface area contributed by atoms with Gasteiger partial charge in [-0.05, 0) is 25.2 Å². The van der Waals surface area contributed by atoms with Crippen molar-refractivity contribution in [2.75, 3.05) is 50.8 Å². The lowest BCUT2D eigenvalue weighted by Crippen LogP contribution is -2.47. The average Bonchev–Trinajstić information content (AvgIpc) is 2.82. The third kappa shape index (κ3) is 3.49. The molecule has 0 radical (unpaired) electrons. The van der Waals surface area contributed by atoms with Gasteiger partial charge in [0.2, 0.25) is 5.91 Å². The molecule has 0 aliphatic carbocycles. The van der Waals surface area contributed by atoms with E-state index in [-0.39, 0.29) is 5.91 Å². The lowest BCUT2D eigenvalue weighted by molar-refractivity contribution is -0.117. The minimum atomic E-state index is -0.00780. The Morgan fingerprint density at radius 3 is 2.90 bits per heavy atom. The number of amides is 1. The maximum Gasteiger partial charge on any atom is 0.240 e. The summed E-state index contributed by atoms with van der Waals surface area (Å²) in [5, 5.41) is 3.52. The van der Waals surface area contributed by atoms with E-state index in [2.05, 4.69) is 27.1 Å². The number of nitrogens with zero attached hydrogens (tertiary/aromatic N) is 3. The van der Waals surface area contributed by atoms with Gasteiger partial charge < -0.3 is 16.0 Å². The Kier molecular flexibility index (Phi) is 4.05. The molecule has 1 saturated heterocycles. The summed E-state index contributed by atoms with van der Waals surface area (Å²) in [6.45, 7) is 4.30. The highest BCUT2D eigenvalue weighted by atomic mass is 32.1. The predicted molar refractivity (Wildman–Crippen MR) is 86.6 cm³/mol. The van der Waals surface area contributed by atoms with Gasteiger partial charge >= 0.3 is 0 Å². The van der Waals surface area contributed by atoms with Crippen LogP contribution < -0.4 is 11.1 Å². The van der Waals surface area contributed by atoms with Gasteiger partial charge in [-0.25, -0.2) is 4.98 Å². The van der Waals surface area contributed by atoms with Crippen molar-refractivity contribution in [3.63, 3.8) is 0 Å². The summed E-state index contributed by atoms with van der Waals surface area (Å²) in [5.74, 6) is -0.00780. The molecule has 6 nitrogen and oxygen atoms in total. The molecule has 0 spiro atoms. The van der Waals surface area contributed by atoms with Crippen LogP contribution >= 0.6 is 11.3 Å². The summed E-state index contributed by atoms with van der Waals surface area (Å²) in [6.07, 6.45) is 0. The quantitative estimate of drug-likeness (QED) is 0.830. The Morgan fingerprint density at radius 1 is 1.38 bits per heavy atom. The predicted octanol–water partition coefficient (Wildman–Crippen LogP) is 1.06. The largest absolute Gasteiger partial charge is 0.399 e. The van der Waals surface area contributed by atoms with Crippen LogP contribution in [0.3, 0.4) is 0 Å². The van der Waals surface area contributed by atoms with Gasteiger partial charge in [-0.1, -0.05) is 11.3 Å². The number of likely N-dealkylation sites (N-methyl/N-ethyl adjacent to an activating group) is 1. The third-order valence-electron chi connectivity index (χ3n) is 3.62. The molecule has 7 heteroatoms. The van der Waals surface area contributed by atoms with E-state index in [1.54, 1.807) is 0 Å². The van der Waals surface area contributed by atoms with Crippen LogP contribution in [-0.4, -0.2) is 60.5 Å². The molecule has 3 N–H and O–H groups in total. The number of rotatable bonds is 3. The van der Waals surface area contributed by atoms with Gasteiger partial charge in [0, 0.05) is 31.9 Å². The van der Waals surface area contributed by atoms with Gasteiger partial charge in [-0.3, -0.25) is 9.69 Å². The van der Waals surface area contributed by atoms with Crippen molar-refractivity contribution in [3.05, 3.63) is 18.2 Å². The molecule has 0 unspecified atom stereocenters. The van der Waals surface area contributed by atoms with Crippen LogP contribution in [0.25, 0.3) is 10.2 Å². The van der Waals surface area contributed by atoms with Crippen molar-refractivity contribution >= 4 is 38.3 Å². The van der Waals surface area contributed by atoms with Crippen molar-refractivity contribution < 1.29 is 4.79 Å². The second kappa shape index (κ2) is 5.97. The van der Waals surface area contributed by atoms with E-state index in [9.17, 15) is 4.79 Å². The van der Waals surface area contributed by atoms with E-state index in [4.69, 9.17) is 5.73 Å². The second-order valence-electron chi connectivity index (χ2n) is 5.37. The maximum absolute atomic E-state index is 12.1. The monoisotopic (exact) mass is 305 g/mol. The van der Waals surface area contributed by atoms with Crippen LogP contribution in [0.2, 0.25) is 0 Å². The van der Waals surface area contributed by atoms with Crippen LogP contribution in [0.4, 0.5) is 10.8 Å². The number of aromatic nitrogens is 1. The molecule has 1 fully saturated rings. The van der Waals surface area contributed by atoms with E-state index in [0.29, 0.717) is 17.4 Å². The summed E-state index contributed by atoms with van der Waals surface area (Å²) in [6, 6.07) is 5.57. The van der Waals surface area contributed by atoms with Crippen molar-refractivity contribution in [2.24, 2.45) is 0 Å². The Hall–Kier alpha value is -1.70. The smallest absolute Gasteiger partial charge is 0.240 e. The highest BCUT2D eigenvalue weighted by Crippen LogP contribution is 2.27. The molecular formula is C14H19N5OS. The molecule has 0 bridgehead atoms. The first-order valence-corrected chi connectivity index (χ1v) is 7.78. The average molecular weight is 305 g/mol. The molecule has 1 aromatic carbocycles. The number of hydrogen-bond acceptors (Lipinski definition) is 6. The van der Waals surface area contributed by atoms with Gasteiger partial charge in [-0.15, -0.1) is 0 Å². The zero-order chi connectivity index (χ0) is 14.8. The molecule has 1 aliphatic heterocycles. The van der Waals surface area contributed by atoms with Crippen molar-refractivity contribution in [1.82, 2.24) is 14.8 Å². The first kappa shape index (κ1) is 14.2. The number of piperazine rings is 1. The van der Waals surface area contributed by atoms with Crippen molar-refractivity contribution in [1.29, 1.82) is 0 Å². The van der Waals surface area contributed by atoms with Gasteiger partial charge in [0.05, 0.1) is 16.8 Å². The van der Waals surface area contributed by atoms with E-state index >= 15 is 0 Å². The second-order valence-corrected chi connectivity index (χ2v) is 6.40. The molecule has 0 atom stereocenters. The van der Waals surface area contributed by atoms with Crippen LogP contribution in [0.15, 0.2) is 18.2 Å². The Bertz CT molecular complexity index is 648. The number of nitrogens with one attached hydrogen (secondary N) is 1. The fourth-order valence-corrected chi connectivity index (χ4v) is 3.29. The third-order valence-corrected chi connectivity index (χ3v) is 4.56. The van der Waals surface area contributed by atoms with E-state index in [1.807, 2.05) is 18.2 Å². The highest BCUT2D eigenvalue weighted by molar-refractivity contribution is 7.22. The Balaban J connectivity index is 1.60. The topological polar surface area (TPSA) is 74.5 Å². The fraction of sp³-hybridized carbons (Fsp3) is 0.429. The number of anilines is 2.